The molecule has 3 nitrogen and oxygen atoms in total. The summed E-state index contributed by atoms with van der Waals surface area (Å²) in [4.78, 5) is 12.0. The summed E-state index contributed by atoms with van der Waals surface area (Å²) in [6.07, 6.45) is 1.90. The molecule has 0 amide bonds. The van der Waals surface area contributed by atoms with Gasteiger partial charge in [-0.2, -0.15) is 0 Å². The molecule has 1 fully saturated rings. The molecule has 0 unspecified atom stereocenters. The maximum Gasteiger partial charge on any atom is 0.251 e. The average Bonchev–Trinajstić information content (AvgIpc) is 2.30. The van der Waals surface area contributed by atoms with Crippen LogP contribution in [0, 0.1) is 0 Å². The van der Waals surface area contributed by atoms with Crippen molar-refractivity contribution >= 4 is 0 Å². The third-order valence-corrected chi connectivity index (χ3v) is 3.21. The van der Waals surface area contributed by atoms with Crippen molar-refractivity contribution < 1.29 is 0 Å². The van der Waals surface area contributed by atoms with E-state index in [-0.39, 0.29) is 5.56 Å². The van der Waals surface area contributed by atoms with E-state index in [2.05, 4.69) is 5.32 Å². The van der Waals surface area contributed by atoms with Crippen LogP contribution >= 0.6 is 0 Å². The molecule has 2 heterocycles. The van der Waals surface area contributed by atoms with Gasteiger partial charge in [0, 0.05) is 25.4 Å². The van der Waals surface area contributed by atoms with Gasteiger partial charge in [0.1, 0.15) is 0 Å². The molecular formula is C14H14N2O. The molecule has 1 saturated heterocycles. The minimum atomic E-state index is 0.0813. The number of benzene rings is 1. The van der Waals surface area contributed by atoms with Crippen molar-refractivity contribution in [2.45, 2.75) is 6.04 Å². The van der Waals surface area contributed by atoms with E-state index >= 15 is 0 Å². The Morgan fingerprint density at radius 3 is 2.41 bits per heavy atom. The van der Waals surface area contributed by atoms with Gasteiger partial charge in [-0.3, -0.25) is 4.79 Å². The van der Waals surface area contributed by atoms with Crippen LogP contribution in [-0.4, -0.2) is 17.7 Å². The highest BCUT2D eigenvalue weighted by Gasteiger charge is 2.19. The quantitative estimate of drug-likeness (QED) is 0.845. The van der Waals surface area contributed by atoms with Gasteiger partial charge in [0.2, 0.25) is 0 Å². The Labute approximate surface area is 99.7 Å². The van der Waals surface area contributed by atoms with Crippen LogP contribution in [0.5, 0.6) is 0 Å². The minimum Gasteiger partial charge on any atom is -0.313 e. The number of pyridine rings is 1. The number of aromatic nitrogens is 1. The molecule has 3 rings (SSSR count). The molecule has 3 heteroatoms. The number of hydrogen-bond acceptors (Lipinski definition) is 2. The maximum absolute atomic E-state index is 12.0. The predicted octanol–water partition coefficient (Wildman–Crippen LogP) is 1.66. The second-order valence-electron chi connectivity index (χ2n) is 4.34. The maximum atomic E-state index is 12.0. The SMILES string of the molecule is O=c1cc(-c2ccccc2)ccn1C1CNC1. The van der Waals surface area contributed by atoms with Crippen LogP contribution in [0.15, 0.2) is 53.5 Å². The number of nitrogens with one attached hydrogen (secondary N) is 1. The Morgan fingerprint density at radius 1 is 1.06 bits per heavy atom. The first-order chi connectivity index (χ1) is 8.34. The second kappa shape index (κ2) is 4.18. The Bertz CT molecular complexity index is 570. The fraction of sp³-hybridized carbons (Fsp3) is 0.214. The third kappa shape index (κ3) is 1.89. The molecule has 1 aromatic carbocycles. The Kier molecular flexibility index (Phi) is 2.53. The van der Waals surface area contributed by atoms with Crippen LogP contribution in [0.2, 0.25) is 0 Å². The van der Waals surface area contributed by atoms with E-state index in [0.717, 1.165) is 24.2 Å². The highest BCUT2D eigenvalue weighted by atomic mass is 16.1. The first-order valence-corrected chi connectivity index (χ1v) is 5.83. The highest BCUT2D eigenvalue weighted by Crippen LogP contribution is 2.17. The molecule has 0 bridgehead atoms. The lowest BCUT2D eigenvalue weighted by atomic mass is 10.1. The molecule has 0 atom stereocenters. The largest absolute Gasteiger partial charge is 0.313 e. The van der Waals surface area contributed by atoms with Gasteiger partial charge in [-0.15, -0.1) is 0 Å². The average molecular weight is 226 g/mol. The van der Waals surface area contributed by atoms with Gasteiger partial charge in [0.05, 0.1) is 6.04 Å². The highest BCUT2D eigenvalue weighted by molar-refractivity contribution is 5.62. The van der Waals surface area contributed by atoms with Crippen molar-refractivity contribution in [1.29, 1.82) is 0 Å². The van der Waals surface area contributed by atoms with Crippen molar-refractivity contribution in [3.8, 4) is 11.1 Å². The summed E-state index contributed by atoms with van der Waals surface area (Å²) in [5, 5.41) is 3.17. The zero-order valence-corrected chi connectivity index (χ0v) is 9.47. The zero-order chi connectivity index (χ0) is 11.7. The summed E-state index contributed by atoms with van der Waals surface area (Å²) >= 11 is 0. The van der Waals surface area contributed by atoms with E-state index in [0.29, 0.717) is 6.04 Å². The van der Waals surface area contributed by atoms with Crippen LogP contribution < -0.4 is 10.9 Å². The van der Waals surface area contributed by atoms with Crippen molar-refractivity contribution in [2.24, 2.45) is 0 Å². The van der Waals surface area contributed by atoms with E-state index in [1.54, 1.807) is 6.07 Å². The molecule has 17 heavy (non-hydrogen) atoms. The molecular weight excluding hydrogens is 212 g/mol. The molecule has 1 aromatic heterocycles. The Morgan fingerprint density at radius 2 is 1.82 bits per heavy atom. The lowest BCUT2D eigenvalue weighted by molar-refractivity contribution is 0.336. The van der Waals surface area contributed by atoms with Gasteiger partial charge >= 0.3 is 0 Å². The summed E-state index contributed by atoms with van der Waals surface area (Å²) in [6.45, 7) is 1.79. The number of rotatable bonds is 2. The fourth-order valence-electron chi connectivity index (χ4n) is 2.07. The summed E-state index contributed by atoms with van der Waals surface area (Å²) < 4.78 is 1.81. The lowest BCUT2D eigenvalue weighted by Crippen LogP contribution is -2.46. The smallest absolute Gasteiger partial charge is 0.251 e. The van der Waals surface area contributed by atoms with Gasteiger partial charge in [-0.1, -0.05) is 30.3 Å². The van der Waals surface area contributed by atoms with Gasteiger partial charge in [0.25, 0.3) is 5.56 Å². The summed E-state index contributed by atoms with van der Waals surface area (Å²) in [5.74, 6) is 0. The van der Waals surface area contributed by atoms with Crippen molar-refractivity contribution in [2.75, 3.05) is 13.1 Å². The summed E-state index contributed by atoms with van der Waals surface area (Å²) in [5.41, 5.74) is 2.15. The van der Waals surface area contributed by atoms with Crippen LogP contribution in [-0.2, 0) is 0 Å². The first-order valence-electron chi connectivity index (χ1n) is 5.83. The number of nitrogens with zero attached hydrogens (tertiary/aromatic N) is 1. The van der Waals surface area contributed by atoms with Gasteiger partial charge in [-0.25, -0.2) is 0 Å². The van der Waals surface area contributed by atoms with Crippen molar-refractivity contribution in [3.63, 3.8) is 0 Å². The zero-order valence-electron chi connectivity index (χ0n) is 9.47. The molecule has 2 aromatic rings. The molecule has 0 radical (unpaired) electrons. The van der Waals surface area contributed by atoms with Crippen LogP contribution in [0.3, 0.4) is 0 Å². The summed E-state index contributed by atoms with van der Waals surface area (Å²) in [7, 11) is 0. The van der Waals surface area contributed by atoms with E-state index < -0.39 is 0 Å². The van der Waals surface area contributed by atoms with E-state index in [4.69, 9.17) is 0 Å². The summed E-state index contributed by atoms with van der Waals surface area (Å²) in [6, 6.07) is 14.0. The van der Waals surface area contributed by atoms with Crippen molar-refractivity contribution in [1.82, 2.24) is 9.88 Å². The van der Waals surface area contributed by atoms with Gasteiger partial charge in [-0.05, 0) is 17.2 Å². The van der Waals surface area contributed by atoms with Gasteiger partial charge in [0.15, 0.2) is 0 Å². The first kappa shape index (κ1) is 10.3. The Hall–Kier alpha value is -1.87. The standard InChI is InChI=1S/C14H14N2O/c17-14-8-12(11-4-2-1-3-5-11)6-7-16(14)13-9-15-10-13/h1-8,13,15H,9-10H2. The van der Waals surface area contributed by atoms with Crippen LogP contribution in [0.1, 0.15) is 6.04 Å². The van der Waals surface area contributed by atoms with Crippen LogP contribution in [0.4, 0.5) is 0 Å². The fourth-order valence-corrected chi connectivity index (χ4v) is 2.07. The second-order valence-corrected chi connectivity index (χ2v) is 4.34. The van der Waals surface area contributed by atoms with E-state index in [9.17, 15) is 4.79 Å². The van der Waals surface area contributed by atoms with E-state index in [1.165, 1.54) is 0 Å². The van der Waals surface area contributed by atoms with Gasteiger partial charge < -0.3 is 9.88 Å². The molecule has 1 aliphatic rings. The molecule has 0 aliphatic carbocycles. The third-order valence-electron chi connectivity index (χ3n) is 3.21. The lowest BCUT2D eigenvalue weighted by Gasteiger charge is -2.29. The molecule has 1 aliphatic heterocycles. The minimum absolute atomic E-state index is 0.0813. The predicted molar refractivity (Wildman–Crippen MR) is 68.0 cm³/mol. The topological polar surface area (TPSA) is 34.0 Å². The van der Waals surface area contributed by atoms with Crippen molar-refractivity contribution in [3.05, 3.63) is 59.0 Å². The van der Waals surface area contributed by atoms with E-state index in [1.807, 2.05) is 47.2 Å². The Balaban J connectivity index is 1.99. The van der Waals surface area contributed by atoms with Crippen LogP contribution in [0.25, 0.3) is 11.1 Å². The molecule has 86 valence electrons. The number of hydrogen-bond donors (Lipinski definition) is 1. The molecule has 0 spiro atoms. The normalized spacial score (nSPS) is 15.5. The molecule has 1 N–H and O–H groups in total. The monoisotopic (exact) mass is 226 g/mol. The molecule has 0 saturated carbocycles.